The average molecular weight is 477 g/mol. The van der Waals surface area contributed by atoms with Gasteiger partial charge in [0.1, 0.15) is 5.75 Å². The molecule has 3 aromatic rings. The maximum Gasteiger partial charge on any atom is 0.254 e. The number of phenolic OH excluding ortho intramolecular Hbond substituents is 1. The predicted octanol–water partition coefficient (Wildman–Crippen LogP) is 4.43. The van der Waals surface area contributed by atoms with Gasteiger partial charge in [-0.1, -0.05) is 48.0 Å². The van der Waals surface area contributed by atoms with Gasteiger partial charge >= 0.3 is 0 Å². The third-order valence-corrected chi connectivity index (χ3v) is 5.60. The molecule has 34 heavy (non-hydrogen) atoms. The fourth-order valence-electron chi connectivity index (χ4n) is 3.60. The molecule has 1 heterocycles. The second-order valence-electron chi connectivity index (χ2n) is 7.77. The fraction of sp³-hybridized carbons (Fsp3) is 0.200. The number of para-hydroxylation sites is 2. The highest BCUT2D eigenvalue weighted by atomic mass is 35.5. The van der Waals surface area contributed by atoms with Crippen LogP contribution >= 0.6 is 11.6 Å². The molecule has 174 valence electrons. The van der Waals surface area contributed by atoms with Crippen LogP contribution < -0.4 is 10.3 Å². The largest absolute Gasteiger partial charge is 0.507 e. The first-order valence-electron chi connectivity index (χ1n) is 10.9. The molecule has 1 aliphatic heterocycles. The van der Waals surface area contributed by atoms with Gasteiger partial charge in [-0.25, -0.2) is 5.43 Å². The first-order chi connectivity index (χ1) is 16.6. The lowest BCUT2D eigenvalue weighted by molar-refractivity contribution is -0.122. The third kappa shape index (κ3) is 6.40. The van der Waals surface area contributed by atoms with Crippen molar-refractivity contribution in [2.45, 2.75) is 0 Å². The van der Waals surface area contributed by atoms with E-state index in [0.29, 0.717) is 16.3 Å². The minimum absolute atomic E-state index is 0.0161. The van der Waals surface area contributed by atoms with Crippen molar-refractivity contribution in [1.82, 2.24) is 10.3 Å². The number of benzene rings is 3. The third-order valence-electron chi connectivity index (χ3n) is 5.36. The molecule has 0 spiro atoms. The number of hydrazone groups is 1. The summed E-state index contributed by atoms with van der Waals surface area (Å²) in [7, 11) is 0. The van der Waals surface area contributed by atoms with E-state index in [9.17, 15) is 9.90 Å². The molecule has 0 aromatic heterocycles. The van der Waals surface area contributed by atoms with Gasteiger partial charge in [-0.05, 0) is 42.5 Å². The lowest BCUT2D eigenvalue weighted by atomic mass is 10.2. The Kier molecular flexibility index (Phi) is 7.85. The van der Waals surface area contributed by atoms with E-state index in [0.717, 1.165) is 26.2 Å². The van der Waals surface area contributed by atoms with Crippen LogP contribution in [0.1, 0.15) is 5.56 Å². The van der Waals surface area contributed by atoms with Crippen molar-refractivity contribution in [1.29, 1.82) is 0 Å². The molecule has 1 saturated heterocycles. The van der Waals surface area contributed by atoms with E-state index in [1.165, 1.54) is 11.8 Å². The van der Waals surface area contributed by atoms with Crippen LogP contribution in [-0.4, -0.2) is 54.5 Å². The summed E-state index contributed by atoms with van der Waals surface area (Å²) in [5, 5.41) is 23.2. The summed E-state index contributed by atoms with van der Waals surface area (Å²) in [5.74, 6) is -0.197. The highest BCUT2D eigenvalue weighted by molar-refractivity contribution is 6.30. The van der Waals surface area contributed by atoms with Gasteiger partial charge in [0.2, 0.25) is 5.84 Å². The summed E-state index contributed by atoms with van der Waals surface area (Å²) in [6.45, 7) is 3.44. The number of phenols is 1. The minimum atomic E-state index is -0.265. The number of carbonyl (C=O) groups is 1. The van der Waals surface area contributed by atoms with Crippen LogP contribution in [0.5, 0.6) is 5.75 Å². The number of carbonyl (C=O) groups excluding carboxylic acids is 1. The molecule has 0 radical (unpaired) electrons. The van der Waals surface area contributed by atoms with Gasteiger partial charge in [0.15, 0.2) is 0 Å². The smallest absolute Gasteiger partial charge is 0.254 e. The van der Waals surface area contributed by atoms with Gasteiger partial charge < -0.3 is 10.0 Å². The first kappa shape index (κ1) is 23.4. The second-order valence-corrected chi connectivity index (χ2v) is 8.20. The van der Waals surface area contributed by atoms with Gasteiger partial charge in [-0.15, -0.1) is 10.2 Å². The molecule has 0 atom stereocenters. The molecule has 1 fully saturated rings. The van der Waals surface area contributed by atoms with Crippen molar-refractivity contribution in [3.63, 3.8) is 0 Å². The number of piperazine rings is 1. The van der Waals surface area contributed by atoms with Crippen LogP contribution in [0.4, 0.5) is 11.4 Å². The van der Waals surface area contributed by atoms with E-state index in [4.69, 9.17) is 11.6 Å². The number of aromatic hydroxyl groups is 1. The highest BCUT2D eigenvalue weighted by Crippen LogP contribution is 2.21. The van der Waals surface area contributed by atoms with Crippen LogP contribution in [-0.2, 0) is 4.79 Å². The van der Waals surface area contributed by atoms with Crippen LogP contribution in [0.3, 0.4) is 0 Å². The van der Waals surface area contributed by atoms with E-state index in [-0.39, 0.29) is 24.0 Å². The SMILES string of the molecule is O=C(CN1CCN(c2ccccc2)CC1)NN=C(N=Nc1cccc(Cl)c1)c1ccccc1O. The second kappa shape index (κ2) is 11.4. The number of amidine groups is 1. The van der Waals surface area contributed by atoms with Crippen LogP contribution in [0.25, 0.3) is 0 Å². The maximum atomic E-state index is 12.6. The van der Waals surface area contributed by atoms with Crippen molar-refractivity contribution in [2.24, 2.45) is 15.3 Å². The summed E-state index contributed by atoms with van der Waals surface area (Å²) >= 11 is 6.00. The van der Waals surface area contributed by atoms with Crippen molar-refractivity contribution in [3.8, 4) is 5.75 Å². The summed E-state index contributed by atoms with van der Waals surface area (Å²) in [6.07, 6.45) is 0. The monoisotopic (exact) mass is 476 g/mol. The van der Waals surface area contributed by atoms with E-state index < -0.39 is 0 Å². The van der Waals surface area contributed by atoms with Gasteiger partial charge in [0.25, 0.3) is 5.91 Å². The van der Waals surface area contributed by atoms with Crippen molar-refractivity contribution in [3.05, 3.63) is 89.4 Å². The molecule has 2 N–H and O–H groups in total. The molecule has 8 nitrogen and oxygen atoms in total. The van der Waals surface area contributed by atoms with Crippen molar-refractivity contribution in [2.75, 3.05) is 37.6 Å². The molecular formula is C25H25ClN6O2. The zero-order chi connectivity index (χ0) is 23.8. The van der Waals surface area contributed by atoms with E-state index in [1.807, 2.05) is 18.2 Å². The van der Waals surface area contributed by atoms with Crippen molar-refractivity contribution >= 4 is 34.7 Å². The lowest BCUT2D eigenvalue weighted by Gasteiger charge is -2.35. The summed E-state index contributed by atoms with van der Waals surface area (Å²) in [5.41, 5.74) is 4.62. The topological polar surface area (TPSA) is 92.9 Å². The number of anilines is 1. The van der Waals surface area contributed by atoms with Crippen LogP contribution in [0.15, 0.2) is 94.2 Å². The van der Waals surface area contributed by atoms with Gasteiger partial charge in [0, 0.05) is 36.9 Å². The molecule has 4 rings (SSSR count). The number of nitrogens with one attached hydrogen (secondary N) is 1. The quantitative estimate of drug-likeness (QED) is 0.238. The lowest BCUT2D eigenvalue weighted by Crippen LogP contribution is -2.49. The molecule has 0 aliphatic carbocycles. The van der Waals surface area contributed by atoms with E-state index >= 15 is 0 Å². The van der Waals surface area contributed by atoms with Gasteiger partial charge in [-0.2, -0.15) is 5.10 Å². The highest BCUT2D eigenvalue weighted by Gasteiger charge is 2.19. The number of amides is 1. The standard InChI is InChI=1S/C25H25ClN6O2/c26-19-7-6-8-20(17-19)27-29-25(22-11-4-5-12-23(22)33)30-28-24(34)18-31-13-15-32(16-14-31)21-9-2-1-3-10-21/h1-12,17,33H,13-16,18H2,(H,28,34). The fourth-order valence-corrected chi connectivity index (χ4v) is 3.78. The number of nitrogens with zero attached hydrogens (tertiary/aromatic N) is 5. The Morgan fingerprint density at radius 3 is 2.41 bits per heavy atom. The summed E-state index contributed by atoms with van der Waals surface area (Å²) in [4.78, 5) is 17.0. The first-order valence-corrected chi connectivity index (χ1v) is 11.3. The van der Waals surface area contributed by atoms with Crippen LogP contribution in [0.2, 0.25) is 5.02 Å². The average Bonchev–Trinajstić information content (AvgIpc) is 2.86. The number of rotatable bonds is 6. The zero-order valence-corrected chi connectivity index (χ0v) is 19.3. The van der Waals surface area contributed by atoms with Gasteiger partial charge in [-0.3, -0.25) is 9.69 Å². The summed E-state index contributed by atoms with van der Waals surface area (Å²) in [6, 6.07) is 23.7. The Labute approximate surface area is 203 Å². The molecule has 0 saturated carbocycles. The van der Waals surface area contributed by atoms with Gasteiger partial charge in [0.05, 0.1) is 17.8 Å². The molecule has 0 unspecified atom stereocenters. The Bertz CT molecular complexity index is 1180. The zero-order valence-electron chi connectivity index (χ0n) is 18.5. The number of hydrogen-bond donors (Lipinski definition) is 2. The van der Waals surface area contributed by atoms with Crippen LogP contribution in [0, 0.1) is 0 Å². The normalized spacial score (nSPS) is 15.0. The van der Waals surface area contributed by atoms with E-state index in [1.54, 1.807) is 42.5 Å². The number of hydrogen-bond acceptors (Lipinski definition) is 6. The Morgan fingerprint density at radius 2 is 1.68 bits per heavy atom. The Hall–Kier alpha value is -3.75. The molecule has 9 heteroatoms. The summed E-state index contributed by atoms with van der Waals surface area (Å²) < 4.78 is 0. The molecule has 1 aliphatic rings. The molecule has 1 amide bonds. The van der Waals surface area contributed by atoms with Crippen molar-refractivity contribution < 1.29 is 9.90 Å². The maximum absolute atomic E-state index is 12.6. The molecular weight excluding hydrogens is 452 g/mol. The molecule has 3 aromatic carbocycles. The molecule has 0 bridgehead atoms. The minimum Gasteiger partial charge on any atom is -0.507 e. The number of azo groups is 1. The Morgan fingerprint density at radius 1 is 0.941 bits per heavy atom. The Balaban J connectivity index is 1.40. The van der Waals surface area contributed by atoms with E-state index in [2.05, 4.69) is 42.7 Å². The predicted molar refractivity (Wildman–Crippen MR) is 134 cm³/mol. The number of halogens is 1.